The van der Waals surface area contributed by atoms with Gasteiger partial charge in [-0.05, 0) is 57.9 Å². The van der Waals surface area contributed by atoms with Crippen molar-refractivity contribution in [1.82, 2.24) is 4.90 Å². The van der Waals surface area contributed by atoms with E-state index in [9.17, 15) is 9.90 Å². The summed E-state index contributed by atoms with van der Waals surface area (Å²) in [5.41, 5.74) is 1.52. The van der Waals surface area contributed by atoms with Crippen LogP contribution in [-0.2, 0) is 4.74 Å². The number of nitrogens with one attached hydrogen (secondary N) is 1. The Morgan fingerprint density at radius 1 is 1.43 bits per heavy atom. The molecule has 5 nitrogen and oxygen atoms in total. The Balaban J connectivity index is 1.92. The fourth-order valence-electron chi connectivity index (χ4n) is 2.40. The van der Waals surface area contributed by atoms with Gasteiger partial charge < -0.3 is 20.1 Å². The molecule has 1 saturated heterocycles. The number of benzene rings is 1. The Morgan fingerprint density at radius 3 is 2.76 bits per heavy atom. The lowest BCUT2D eigenvalue weighted by Crippen LogP contribution is -2.36. The van der Waals surface area contributed by atoms with Crippen molar-refractivity contribution in [3.05, 3.63) is 23.8 Å². The third kappa shape index (κ3) is 4.28. The van der Waals surface area contributed by atoms with Crippen LogP contribution in [0, 0.1) is 6.92 Å². The van der Waals surface area contributed by atoms with Crippen molar-refractivity contribution in [3.8, 4) is 5.75 Å². The van der Waals surface area contributed by atoms with E-state index in [1.165, 1.54) is 0 Å². The van der Waals surface area contributed by atoms with Gasteiger partial charge in [0.15, 0.2) is 0 Å². The van der Waals surface area contributed by atoms with Gasteiger partial charge in [-0.3, -0.25) is 0 Å². The molecule has 0 aliphatic carbocycles. The number of ether oxygens (including phenoxy) is 1. The third-order valence-electron chi connectivity index (χ3n) is 3.41. The topological polar surface area (TPSA) is 61.8 Å². The third-order valence-corrected chi connectivity index (χ3v) is 3.41. The van der Waals surface area contributed by atoms with Gasteiger partial charge in [0.25, 0.3) is 0 Å². The summed E-state index contributed by atoms with van der Waals surface area (Å²) >= 11 is 0. The molecule has 1 atom stereocenters. The van der Waals surface area contributed by atoms with Crippen LogP contribution in [0.25, 0.3) is 0 Å². The second-order valence-electron chi connectivity index (χ2n) is 6.56. The number of likely N-dealkylation sites (tertiary alicyclic amines) is 1. The number of phenolic OH excluding ortho intramolecular Hbond substituents is 1. The zero-order chi connectivity index (χ0) is 15.6. The van der Waals surface area contributed by atoms with E-state index in [1.54, 1.807) is 17.0 Å². The maximum atomic E-state index is 12.0. The smallest absolute Gasteiger partial charge is 0.410 e. The lowest BCUT2D eigenvalue weighted by atomic mass is 10.1. The maximum absolute atomic E-state index is 12.0. The first-order valence-corrected chi connectivity index (χ1v) is 7.29. The number of carbonyl (C=O) groups excluding carboxylic acids is 1. The highest BCUT2D eigenvalue weighted by Gasteiger charge is 2.29. The van der Waals surface area contributed by atoms with Crippen LogP contribution in [0.5, 0.6) is 5.75 Å². The second kappa shape index (κ2) is 5.84. The van der Waals surface area contributed by atoms with Crippen molar-refractivity contribution >= 4 is 11.8 Å². The summed E-state index contributed by atoms with van der Waals surface area (Å²) in [5, 5.41) is 12.8. The number of hydrogen-bond donors (Lipinski definition) is 2. The number of amides is 1. The number of carbonyl (C=O) groups is 1. The summed E-state index contributed by atoms with van der Waals surface area (Å²) in [6.07, 6.45) is 0.633. The van der Waals surface area contributed by atoms with Gasteiger partial charge in [-0.15, -0.1) is 0 Å². The van der Waals surface area contributed by atoms with Crippen molar-refractivity contribution in [2.45, 2.75) is 45.8 Å². The molecule has 2 rings (SSSR count). The number of aromatic hydroxyl groups is 1. The zero-order valence-electron chi connectivity index (χ0n) is 13.1. The van der Waals surface area contributed by atoms with Crippen molar-refractivity contribution in [2.24, 2.45) is 0 Å². The maximum Gasteiger partial charge on any atom is 0.410 e. The van der Waals surface area contributed by atoms with Crippen LogP contribution >= 0.6 is 0 Å². The first kappa shape index (κ1) is 15.5. The van der Waals surface area contributed by atoms with Crippen molar-refractivity contribution in [1.29, 1.82) is 0 Å². The highest BCUT2D eigenvalue weighted by molar-refractivity contribution is 5.68. The van der Waals surface area contributed by atoms with Gasteiger partial charge in [0, 0.05) is 24.8 Å². The van der Waals surface area contributed by atoms with Gasteiger partial charge in [-0.25, -0.2) is 4.79 Å². The van der Waals surface area contributed by atoms with Crippen molar-refractivity contribution < 1.29 is 14.6 Å². The Hall–Kier alpha value is -1.91. The molecule has 1 aliphatic rings. The zero-order valence-corrected chi connectivity index (χ0v) is 13.1. The molecule has 1 heterocycles. The summed E-state index contributed by atoms with van der Waals surface area (Å²) in [4.78, 5) is 13.7. The number of aryl methyl sites for hydroxylation is 1. The highest BCUT2D eigenvalue weighted by Crippen LogP contribution is 2.23. The van der Waals surface area contributed by atoms with Crippen LogP contribution in [0.15, 0.2) is 18.2 Å². The molecule has 1 aromatic carbocycles. The van der Waals surface area contributed by atoms with Gasteiger partial charge in [0.1, 0.15) is 11.4 Å². The average molecular weight is 292 g/mol. The van der Waals surface area contributed by atoms with E-state index in [4.69, 9.17) is 4.74 Å². The van der Waals surface area contributed by atoms with E-state index in [1.807, 2.05) is 33.8 Å². The molecule has 0 spiro atoms. The first-order valence-electron chi connectivity index (χ1n) is 7.29. The first-order chi connectivity index (χ1) is 9.74. The van der Waals surface area contributed by atoms with Crippen LogP contribution in [0.1, 0.15) is 32.8 Å². The Morgan fingerprint density at radius 2 is 2.14 bits per heavy atom. The molecule has 1 fully saturated rings. The van der Waals surface area contributed by atoms with E-state index in [0.29, 0.717) is 13.1 Å². The summed E-state index contributed by atoms with van der Waals surface area (Å²) < 4.78 is 5.39. The molecule has 1 aromatic rings. The molecule has 21 heavy (non-hydrogen) atoms. The molecule has 0 saturated carbocycles. The minimum atomic E-state index is -0.462. The molecule has 116 valence electrons. The number of phenols is 1. The fourth-order valence-corrected chi connectivity index (χ4v) is 2.40. The van der Waals surface area contributed by atoms with Crippen molar-refractivity contribution in [3.63, 3.8) is 0 Å². The highest BCUT2D eigenvalue weighted by atomic mass is 16.6. The summed E-state index contributed by atoms with van der Waals surface area (Å²) in [6, 6.07) is 5.46. The Labute approximate surface area is 125 Å². The molecule has 2 N–H and O–H groups in total. The number of rotatable bonds is 2. The predicted octanol–water partition coefficient (Wildman–Crippen LogP) is 3.12. The SMILES string of the molecule is Cc1cc(O)ccc1NC1CCN(C(=O)OC(C)(C)C)C1. The quantitative estimate of drug-likeness (QED) is 0.822. The van der Waals surface area contributed by atoms with E-state index >= 15 is 0 Å². The number of anilines is 1. The largest absolute Gasteiger partial charge is 0.508 e. The van der Waals surface area contributed by atoms with E-state index in [2.05, 4.69) is 5.32 Å². The molecule has 1 unspecified atom stereocenters. The lowest BCUT2D eigenvalue weighted by Gasteiger charge is -2.24. The molecule has 1 amide bonds. The monoisotopic (exact) mass is 292 g/mol. The molecule has 5 heteroatoms. The van der Waals surface area contributed by atoms with Crippen LogP contribution in [0.2, 0.25) is 0 Å². The van der Waals surface area contributed by atoms with Gasteiger partial charge in [-0.1, -0.05) is 0 Å². The number of hydrogen-bond acceptors (Lipinski definition) is 4. The second-order valence-corrected chi connectivity index (χ2v) is 6.56. The van der Waals surface area contributed by atoms with Crippen LogP contribution in [0.3, 0.4) is 0 Å². The van der Waals surface area contributed by atoms with Gasteiger partial charge in [-0.2, -0.15) is 0 Å². The molecule has 0 bridgehead atoms. The van der Waals surface area contributed by atoms with Crippen LogP contribution in [-0.4, -0.2) is 40.8 Å². The molecule has 0 radical (unpaired) electrons. The molecular formula is C16H24N2O3. The summed E-state index contributed by atoms with van der Waals surface area (Å²) in [5.74, 6) is 0.264. The van der Waals surface area contributed by atoms with E-state index in [0.717, 1.165) is 17.7 Å². The predicted molar refractivity (Wildman–Crippen MR) is 82.7 cm³/mol. The Bertz CT molecular complexity index is 523. The fraction of sp³-hybridized carbons (Fsp3) is 0.562. The molecule has 1 aliphatic heterocycles. The van der Waals surface area contributed by atoms with Crippen molar-refractivity contribution in [2.75, 3.05) is 18.4 Å². The summed E-state index contributed by atoms with van der Waals surface area (Å²) in [6.45, 7) is 8.89. The van der Waals surface area contributed by atoms with E-state index < -0.39 is 5.60 Å². The van der Waals surface area contributed by atoms with Crippen LogP contribution in [0.4, 0.5) is 10.5 Å². The minimum Gasteiger partial charge on any atom is -0.508 e. The van der Waals surface area contributed by atoms with E-state index in [-0.39, 0.29) is 17.9 Å². The van der Waals surface area contributed by atoms with Crippen LogP contribution < -0.4 is 5.32 Å². The van der Waals surface area contributed by atoms with Gasteiger partial charge >= 0.3 is 6.09 Å². The lowest BCUT2D eigenvalue weighted by molar-refractivity contribution is 0.0293. The normalized spacial score (nSPS) is 18.7. The van der Waals surface area contributed by atoms with Gasteiger partial charge in [0.05, 0.1) is 0 Å². The molecular weight excluding hydrogens is 268 g/mol. The molecule has 0 aromatic heterocycles. The Kier molecular flexibility index (Phi) is 4.30. The minimum absolute atomic E-state index is 0.209. The standard InChI is InChI=1S/C16H24N2O3/c1-11-9-13(19)5-6-14(11)17-12-7-8-18(10-12)15(20)21-16(2,3)4/h5-6,9,12,17,19H,7-8,10H2,1-4H3. The average Bonchev–Trinajstić information content (AvgIpc) is 2.79. The number of nitrogens with zero attached hydrogens (tertiary/aromatic N) is 1. The van der Waals surface area contributed by atoms with Gasteiger partial charge in [0.2, 0.25) is 0 Å². The summed E-state index contributed by atoms with van der Waals surface area (Å²) in [7, 11) is 0.